The zero-order valence-electron chi connectivity index (χ0n) is 16.9. The number of carbonyl (C=O) groups is 1. The second-order valence-electron chi connectivity index (χ2n) is 6.94. The zero-order chi connectivity index (χ0) is 21.7. The van der Waals surface area contributed by atoms with E-state index in [1.165, 1.54) is 17.5 Å². The number of piperidine rings is 1. The fraction of sp³-hybridized carbons (Fsp3) is 0.381. The van der Waals surface area contributed by atoms with Gasteiger partial charge in [-0.25, -0.2) is 12.8 Å². The molecule has 1 heterocycles. The number of hydrogen-bond acceptors (Lipinski definition) is 5. The average Bonchev–Trinajstić information content (AvgIpc) is 2.75. The third-order valence-electron chi connectivity index (χ3n) is 4.93. The minimum absolute atomic E-state index is 0.0187. The molecule has 1 amide bonds. The van der Waals surface area contributed by atoms with Gasteiger partial charge in [0.25, 0.3) is 0 Å². The minimum Gasteiger partial charge on any atom is -0.495 e. The molecule has 162 valence electrons. The van der Waals surface area contributed by atoms with Crippen LogP contribution in [0.2, 0.25) is 0 Å². The summed E-state index contributed by atoms with van der Waals surface area (Å²) in [7, 11) is -2.68. The molecule has 3 rings (SSSR count). The van der Waals surface area contributed by atoms with Crippen molar-refractivity contribution in [3.8, 4) is 11.5 Å². The van der Waals surface area contributed by atoms with Crippen molar-refractivity contribution >= 4 is 21.6 Å². The predicted molar refractivity (Wildman–Crippen MR) is 111 cm³/mol. The van der Waals surface area contributed by atoms with Crippen LogP contribution in [0.15, 0.2) is 47.4 Å². The van der Waals surface area contributed by atoms with Crippen molar-refractivity contribution in [1.29, 1.82) is 0 Å². The van der Waals surface area contributed by atoms with E-state index >= 15 is 0 Å². The number of halogens is 1. The molecule has 1 fully saturated rings. The van der Waals surface area contributed by atoms with Crippen molar-refractivity contribution in [2.75, 3.05) is 32.1 Å². The summed E-state index contributed by atoms with van der Waals surface area (Å²) in [6.07, 6.45) is 1.09. The highest BCUT2D eigenvalue weighted by molar-refractivity contribution is 7.89. The summed E-state index contributed by atoms with van der Waals surface area (Å²) in [4.78, 5) is 12.5. The van der Waals surface area contributed by atoms with Gasteiger partial charge in [-0.3, -0.25) is 4.79 Å². The number of anilines is 1. The first-order chi connectivity index (χ1) is 14.3. The monoisotopic (exact) mass is 436 g/mol. The Morgan fingerprint density at radius 3 is 2.63 bits per heavy atom. The highest BCUT2D eigenvalue weighted by Crippen LogP contribution is 2.30. The van der Waals surface area contributed by atoms with Crippen molar-refractivity contribution in [3.05, 3.63) is 48.3 Å². The lowest BCUT2D eigenvalue weighted by Gasteiger charge is -2.31. The lowest BCUT2D eigenvalue weighted by Crippen LogP contribution is -2.43. The molecule has 0 saturated carbocycles. The van der Waals surface area contributed by atoms with Crippen molar-refractivity contribution in [1.82, 2.24) is 4.31 Å². The van der Waals surface area contributed by atoms with Gasteiger partial charge in [-0.1, -0.05) is 0 Å². The van der Waals surface area contributed by atoms with Gasteiger partial charge in [0.2, 0.25) is 15.9 Å². The minimum atomic E-state index is -4.01. The summed E-state index contributed by atoms with van der Waals surface area (Å²) >= 11 is 0. The molecule has 7 nitrogen and oxygen atoms in total. The largest absolute Gasteiger partial charge is 0.495 e. The quantitative estimate of drug-likeness (QED) is 0.720. The molecular formula is C21H25FN2O5S. The van der Waals surface area contributed by atoms with Crippen LogP contribution in [0.25, 0.3) is 0 Å². The summed E-state index contributed by atoms with van der Waals surface area (Å²) in [6, 6.07) is 10.3. The molecule has 0 aliphatic carbocycles. The maximum Gasteiger partial charge on any atom is 0.246 e. The van der Waals surface area contributed by atoms with Crippen LogP contribution in [0.3, 0.4) is 0 Å². The van der Waals surface area contributed by atoms with Crippen LogP contribution in [-0.2, 0) is 14.8 Å². The van der Waals surface area contributed by atoms with Gasteiger partial charge in [0.05, 0.1) is 19.6 Å². The van der Waals surface area contributed by atoms with Crippen molar-refractivity contribution < 1.29 is 27.1 Å². The van der Waals surface area contributed by atoms with E-state index < -0.39 is 21.8 Å². The normalized spacial score (nSPS) is 17.4. The Labute approximate surface area is 175 Å². The maximum atomic E-state index is 13.7. The zero-order valence-corrected chi connectivity index (χ0v) is 17.7. The number of rotatable bonds is 7. The van der Waals surface area contributed by atoms with Gasteiger partial charge in [-0.05, 0) is 62.2 Å². The van der Waals surface area contributed by atoms with Gasteiger partial charge in [0, 0.05) is 18.8 Å². The van der Waals surface area contributed by atoms with Gasteiger partial charge in [0.1, 0.15) is 22.2 Å². The van der Waals surface area contributed by atoms with Crippen molar-refractivity contribution in [2.24, 2.45) is 5.92 Å². The van der Waals surface area contributed by atoms with Crippen LogP contribution in [0.5, 0.6) is 11.5 Å². The Morgan fingerprint density at radius 2 is 1.97 bits per heavy atom. The standard InChI is InChI=1S/C21H25FN2O5S/c1-3-29-18-9-7-17(8-10-18)23-21(25)15-5-4-12-24(14-15)30(26,27)20-13-16(22)6-11-19(20)28-2/h6-11,13,15H,3-5,12,14H2,1-2H3,(H,23,25)/t15-/m1/s1. The van der Waals surface area contributed by atoms with Crippen LogP contribution in [0, 0.1) is 11.7 Å². The van der Waals surface area contributed by atoms with Crippen molar-refractivity contribution in [2.45, 2.75) is 24.7 Å². The third kappa shape index (κ3) is 4.91. The van der Waals surface area contributed by atoms with E-state index in [9.17, 15) is 17.6 Å². The lowest BCUT2D eigenvalue weighted by molar-refractivity contribution is -0.120. The molecule has 1 aliphatic heterocycles. The molecule has 1 aliphatic rings. The molecular weight excluding hydrogens is 411 g/mol. The molecule has 2 aromatic rings. The molecule has 0 bridgehead atoms. The number of sulfonamides is 1. The fourth-order valence-corrected chi connectivity index (χ4v) is 5.10. The second-order valence-corrected chi connectivity index (χ2v) is 8.85. The van der Waals surface area contributed by atoms with Gasteiger partial charge in [-0.15, -0.1) is 0 Å². The van der Waals surface area contributed by atoms with Crippen LogP contribution in [0.4, 0.5) is 10.1 Å². The predicted octanol–water partition coefficient (Wildman–Crippen LogP) is 3.27. The summed E-state index contributed by atoms with van der Waals surface area (Å²) in [5.41, 5.74) is 0.607. The van der Waals surface area contributed by atoms with E-state index in [1.54, 1.807) is 24.3 Å². The van der Waals surface area contributed by atoms with Gasteiger partial charge < -0.3 is 14.8 Å². The maximum absolute atomic E-state index is 13.7. The van der Waals surface area contributed by atoms with E-state index in [4.69, 9.17) is 9.47 Å². The number of nitrogens with zero attached hydrogens (tertiary/aromatic N) is 1. The Morgan fingerprint density at radius 1 is 1.23 bits per heavy atom. The Balaban J connectivity index is 1.73. The number of benzene rings is 2. The molecule has 1 N–H and O–H groups in total. The topological polar surface area (TPSA) is 84.9 Å². The van der Waals surface area contributed by atoms with Gasteiger partial charge >= 0.3 is 0 Å². The first kappa shape index (κ1) is 22.0. The number of amides is 1. The SMILES string of the molecule is CCOc1ccc(NC(=O)[C@@H]2CCCN(S(=O)(=O)c3cc(F)ccc3OC)C2)cc1. The van der Waals surface area contributed by atoms with Crippen LogP contribution >= 0.6 is 0 Å². The molecule has 2 aromatic carbocycles. The lowest BCUT2D eigenvalue weighted by atomic mass is 9.99. The summed E-state index contributed by atoms with van der Waals surface area (Å²) in [6.45, 7) is 2.71. The summed E-state index contributed by atoms with van der Waals surface area (Å²) in [5.74, 6) is -0.673. The molecule has 30 heavy (non-hydrogen) atoms. The third-order valence-corrected chi connectivity index (χ3v) is 6.82. The highest BCUT2D eigenvalue weighted by atomic mass is 32.2. The average molecular weight is 437 g/mol. The first-order valence-corrected chi connectivity index (χ1v) is 11.2. The fourth-order valence-electron chi connectivity index (χ4n) is 3.41. The Bertz CT molecular complexity index is 995. The number of nitrogens with one attached hydrogen (secondary N) is 1. The Kier molecular flexibility index (Phi) is 6.94. The number of carbonyl (C=O) groups excluding carboxylic acids is 1. The number of methoxy groups -OCH3 is 1. The van der Waals surface area contributed by atoms with Gasteiger partial charge in [-0.2, -0.15) is 4.31 Å². The molecule has 0 unspecified atom stereocenters. The van der Waals surface area contributed by atoms with Gasteiger partial charge in [0.15, 0.2) is 0 Å². The van der Waals surface area contributed by atoms with E-state index in [0.717, 1.165) is 12.1 Å². The van der Waals surface area contributed by atoms with Crippen LogP contribution in [-0.4, -0.2) is 45.4 Å². The molecule has 0 radical (unpaired) electrons. The van der Waals surface area contributed by atoms with E-state index in [0.29, 0.717) is 30.9 Å². The highest BCUT2D eigenvalue weighted by Gasteiger charge is 2.35. The smallest absolute Gasteiger partial charge is 0.246 e. The summed E-state index contributed by atoms with van der Waals surface area (Å²) in [5, 5.41) is 2.82. The first-order valence-electron chi connectivity index (χ1n) is 9.72. The van der Waals surface area contributed by atoms with Crippen LogP contribution < -0.4 is 14.8 Å². The number of hydrogen-bond donors (Lipinski definition) is 1. The molecule has 0 aromatic heterocycles. The summed E-state index contributed by atoms with van der Waals surface area (Å²) < 4.78 is 51.5. The van der Waals surface area contributed by atoms with Crippen molar-refractivity contribution in [3.63, 3.8) is 0 Å². The molecule has 9 heteroatoms. The molecule has 1 atom stereocenters. The second kappa shape index (κ2) is 9.44. The molecule has 1 saturated heterocycles. The van der Waals surface area contributed by atoms with E-state index in [-0.39, 0.29) is 29.6 Å². The Hall–Kier alpha value is -2.65. The molecule has 0 spiro atoms. The van der Waals surface area contributed by atoms with E-state index in [1.807, 2.05) is 6.92 Å². The number of ether oxygens (including phenoxy) is 2. The van der Waals surface area contributed by atoms with E-state index in [2.05, 4.69) is 5.32 Å². The van der Waals surface area contributed by atoms with Crippen LogP contribution in [0.1, 0.15) is 19.8 Å².